The first kappa shape index (κ1) is 17.4. The number of nitrogens with zero attached hydrogens (tertiary/aromatic N) is 3. The number of para-hydroxylation sites is 1. The molecular formula is C21H16N4O3. The fourth-order valence-corrected chi connectivity index (χ4v) is 3.14. The van der Waals surface area contributed by atoms with Crippen molar-refractivity contribution in [2.75, 3.05) is 5.32 Å². The molecule has 0 spiro atoms. The average molecular weight is 372 g/mol. The van der Waals surface area contributed by atoms with Gasteiger partial charge in [-0.25, -0.2) is 0 Å². The first-order valence-corrected chi connectivity index (χ1v) is 8.66. The Hall–Kier alpha value is -4.00. The van der Waals surface area contributed by atoms with Crippen LogP contribution in [0.15, 0.2) is 79.1 Å². The average Bonchev–Trinajstić information content (AvgIpc) is 3.15. The summed E-state index contributed by atoms with van der Waals surface area (Å²) in [6, 6.07) is 20.0. The molecule has 4 aromatic rings. The molecular weight excluding hydrogens is 356 g/mol. The molecule has 0 fully saturated rings. The lowest BCUT2D eigenvalue weighted by atomic mass is 10.0. The first-order valence-electron chi connectivity index (χ1n) is 8.66. The van der Waals surface area contributed by atoms with Crippen LogP contribution in [0.2, 0.25) is 0 Å². The van der Waals surface area contributed by atoms with E-state index in [2.05, 4.69) is 28.6 Å². The van der Waals surface area contributed by atoms with Crippen molar-refractivity contribution in [3.63, 3.8) is 0 Å². The van der Waals surface area contributed by atoms with Crippen molar-refractivity contribution in [1.29, 1.82) is 0 Å². The van der Waals surface area contributed by atoms with Crippen LogP contribution >= 0.6 is 0 Å². The third kappa shape index (κ3) is 3.45. The van der Waals surface area contributed by atoms with Gasteiger partial charge in [-0.15, -0.1) is 0 Å². The van der Waals surface area contributed by atoms with Crippen LogP contribution in [0.3, 0.4) is 0 Å². The van der Waals surface area contributed by atoms with Gasteiger partial charge >= 0.3 is 0 Å². The topological polar surface area (TPSA) is 90.1 Å². The molecule has 3 aromatic carbocycles. The van der Waals surface area contributed by atoms with Gasteiger partial charge in [0.1, 0.15) is 5.56 Å². The Labute approximate surface area is 160 Å². The van der Waals surface area contributed by atoms with E-state index in [0.29, 0.717) is 12.2 Å². The fraction of sp³-hybridized carbons (Fsp3) is 0.0476. The SMILES string of the molecule is O=C(Nc1cnn(Cc2cccc3ccccc23)c1)c1ccccc1[N+](=O)[O-]. The van der Waals surface area contributed by atoms with Gasteiger partial charge in [0, 0.05) is 12.3 Å². The molecule has 1 aromatic heterocycles. The number of carbonyl (C=O) groups excluding carboxylic acids is 1. The van der Waals surface area contributed by atoms with E-state index in [1.807, 2.05) is 24.3 Å². The zero-order valence-electron chi connectivity index (χ0n) is 14.8. The maximum absolute atomic E-state index is 12.4. The van der Waals surface area contributed by atoms with E-state index in [0.717, 1.165) is 16.3 Å². The quantitative estimate of drug-likeness (QED) is 0.419. The lowest BCUT2D eigenvalue weighted by molar-refractivity contribution is -0.385. The molecule has 4 rings (SSSR count). The second-order valence-electron chi connectivity index (χ2n) is 6.29. The molecule has 138 valence electrons. The predicted molar refractivity (Wildman–Crippen MR) is 106 cm³/mol. The van der Waals surface area contributed by atoms with E-state index in [4.69, 9.17) is 0 Å². The maximum Gasteiger partial charge on any atom is 0.282 e. The van der Waals surface area contributed by atoms with Gasteiger partial charge in [-0.1, -0.05) is 54.6 Å². The van der Waals surface area contributed by atoms with E-state index in [1.54, 1.807) is 16.9 Å². The summed E-state index contributed by atoms with van der Waals surface area (Å²) in [7, 11) is 0. The van der Waals surface area contributed by atoms with Gasteiger partial charge in [0.05, 0.1) is 23.4 Å². The largest absolute Gasteiger partial charge is 0.319 e. The number of aromatic nitrogens is 2. The molecule has 0 aliphatic rings. The number of hydrogen-bond donors (Lipinski definition) is 1. The minimum absolute atomic E-state index is 0.00861. The van der Waals surface area contributed by atoms with Crippen molar-refractivity contribution in [2.45, 2.75) is 6.54 Å². The summed E-state index contributed by atoms with van der Waals surface area (Å²) in [5, 5.41) is 20.4. The molecule has 28 heavy (non-hydrogen) atoms. The van der Waals surface area contributed by atoms with Gasteiger partial charge in [0.2, 0.25) is 0 Å². The zero-order chi connectivity index (χ0) is 19.5. The Morgan fingerprint density at radius 1 is 1.04 bits per heavy atom. The van der Waals surface area contributed by atoms with Gasteiger partial charge < -0.3 is 5.32 Å². The minimum Gasteiger partial charge on any atom is -0.319 e. The van der Waals surface area contributed by atoms with E-state index in [9.17, 15) is 14.9 Å². The Balaban J connectivity index is 1.54. The Bertz CT molecular complexity index is 1180. The number of hydrogen-bond acceptors (Lipinski definition) is 4. The molecule has 0 aliphatic carbocycles. The number of amides is 1. The molecule has 0 radical (unpaired) electrons. The van der Waals surface area contributed by atoms with Crippen LogP contribution in [0.25, 0.3) is 10.8 Å². The Morgan fingerprint density at radius 3 is 2.64 bits per heavy atom. The summed E-state index contributed by atoms with van der Waals surface area (Å²) in [6.07, 6.45) is 3.23. The van der Waals surface area contributed by atoms with Gasteiger partial charge in [-0.2, -0.15) is 5.10 Å². The van der Waals surface area contributed by atoms with Crippen LogP contribution < -0.4 is 5.32 Å². The Morgan fingerprint density at radius 2 is 1.79 bits per heavy atom. The van der Waals surface area contributed by atoms with Crippen molar-refractivity contribution in [1.82, 2.24) is 9.78 Å². The van der Waals surface area contributed by atoms with E-state index in [1.165, 1.54) is 24.4 Å². The summed E-state index contributed by atoms with van der Waals surface area (Å²) < 4.78 is 1.72. The molecule has 1 heterocycles. The van der Waals surface area contributed by atoms with Gasteiger partial charge in [0.25, 0.3) is 11.6 Å². The van der Waals surface area contributed by atoms with Crippen molar-refractivity contribution < 1.29 is 9.72 Å². The summed E-state index contributed by atoms with van der Waals surface area (Å²) in [4.78, 5) is 23.0. The van der Waals surface area contributed by atoms with Crippen LogP contribution in [-0.2, 0) is 6.54 Å². The molecule has 0 aliphatic heterocycles. The highest BCUT2D eigenvalue weighted by Crippen LogP contribution is 2.21. The lowest BCUT2D eigenvalue weighted by Gasteiger charge is -2.07. The van der Waals surface area contributed by atoms with Crippen molar-refractivity contribution >= 4 is 28.1 Å². The van der Waals surface area contributed by atoms with Crippen LogP contribution in [0, 0.1) is 10.1 Å². The second-order valence-corrected chi connectivity index (χ2v) is 6.29. The van der Waals surface area contributed by atoms with E-state index in [-0.39, 0.29) is 11.3 Å². The smallest absolute Gasteiger partial charge is 0.282 e. The van der Waals surface area contributed by atoms with Crippen molar-refractivity contribution in [3.8, 4) is 0 Å². The normalized spacial score (nSPS) is 10.7. The van der Waals surface area contributed by atoms with E-state index < -0.39 is 10.8 Å². The number of rotatable bonds is 5. The maximum atomic E-state index is 12.4. The summed E-state index contributed by atoms with van der Waals surface area (Å²) in [5.74, 6) is -0.544. The highest BCUT2D eigenvalue weighted by molar-refractivity contribution is 6.06. The molecule has 0 unspecified atom stereocenters. The summed E-state index contributed by atoms with van der Waals surface area (Å²) in [5.41, 5.74) is 1.36. The molecule has 7 nitrogen and oxygen atoms in total. The lowest BCUT2D eigenvalue weighted by Crippen LogP contribution is -2.13. The van der Waals surface area contributed by atoms with Crippen LogP contribution in [0.4, 0.5) is 11.4 Å². The van der Waals surface area contributed by atoms with Gasteiger partial charge in [0.15, 0.2) is 0 Å². The molecule has 1 amide bonds. The number of anilines is 1. The Kier molecular flexibility index (Phi) is 4.55. The number of fused-ring (bicyclic) bond motifs is 1. The number of nitro benzene ring substituents is 1. The highest BCUT2D eigenvalue weighted by Gasteiger charge is 2.19. The van der Waals surface area contributed by atoms with Crippen molar-refractivity contribution in [3.05, 3.63) is 100 Å². The number of nitro groups is 1. The highest BCUT2D eigenvalue weighted by atomic mass is 16.6. The molecule has 7 heteroatoms. The summed E-state index contributed by atoms with van der Waals surface area (Å²) in [6.45, 7) is 0.544. The fourth-order valence-electron chi connectivity index (χ4n) is 3.14. The molecule has 0 saturated heterocycles. The minimum atomic E-state index is -0.571. The van der Waals surface area contributed by atoms with Crippen molar-refractivity contribution in [2.24, 2.45) is 0 Å². The second kappa shape index (κ2) is 7.32. The van der Waals surface area contributed by atoms with Gasteiger partial charge in [-0.3, -0.25) is 19.6 Å². The predicted octanol–water partition coefficient (Wildman–Crippen LogP) is 4.25. The van der Waals surface area contributed by atoms with E-state index >= 15 is 0 Å². The number of benzene rings is 3. The van der Waals surface area contributed by atoms with Crippen LogP contribution in [0.1, 0.15) is 15.9 Å². The third-order valence-corrected chi connectivity index (χ3v) is 4.45. The molecule has 0 atom stereocenters. The summed E-state index contributed by atoms with van der Waals surface area (Å²) >= 11 is 0. The zero-order valence-corrected chi connectivity index (χ0v) is 14.8. The third-order valence-electron chi connectivity index (χ3n) is 4.45. The molecule has 0 saturated carbocycles. The van der Waals surface area contributed by atoms with Crippen LogP contribution in [0.5, 0.6) is 0 Å². The van der Waals surface area contributed by atoms with Gasteiger partial charge in [-0.05, 0) is 22.4 Å². The first-order chi connectivity index (χ1) is 13.6. The molecule has 0 bridgehead atoms. The monoisotopic (exact) mass is 372 g/mol. The number of nitrogens with one attached hydrogen (secondary N) is 1. The standard InChI is InChI=1S/C21H16N4O3/c26-21(19-10-3-4-11-20(19)25(27)28)23-17-12-22-24(14-17)13-16-8-5-7-15-6-1-2-9-18(15)16/h1-12,14H,13H2,(H,23,26). The number of carbonyl (C=O) groups is 1. The molecule has 1 N–H and O–H groups in total. The van der Waals surface area contributed by atoms with Crippen LogP contribution in [-0.4, -0.2) is 20.6 Å².